The molecule has 40 heavy (non-hydrogen) atoms. The van der Waals surface area contributed by atoms with Crippen molar-refractivity contribution in [3.05, 3.63) is 94.2 Å². The molecule has 0 atom stereocenters. The van der Waals surface area contributed by atoms with Crippen LogP contribution in [0.2, 0.25) is 0 Å². The van der Waals surface area contributed by atoms with E-state index < -0.39 is 27.6 Å². The molecule has 2 aromatic heterocycles. The predicted octanol–water partition coefficient (Wildman–Crippen LogP) is 5.62. The molecule has 0 saturated carbocycles. The number of aromatic nitrogens is 2. The third-order valence-corrected chi connectivity index (χ3v) is 6.09. The Balaban J connectivity index is 1.35. The van der Waals surface area contributed by atoms with E-state index in [0.29, 0.717) is 23.4 Å². The quantitative estimate of drug-likeness (QED) is 0.248. The minimum Gasteiger partial charge on any atom is -0.485 e. The fourth-order valence-corrected chi connectivity index (χ4v) is 4.30. The molecule has 0 unspecified atom stereocenters. The largest absolute Gasteiger partial charge is 0.485 e. The molecule has 0 aliphatic carbocycles. The third kappa shape index (κ3) is 6.12. The zero-order valence-electron chi connectivity index (χ0n) is 20.3. The Kier molecular flexibility index (Phi) is 6.79. The molecule has 0 radical (unpaired) electrons. The summed E-state index contributed by atoms with van der Waals surface area (Å²) in [6.07, 6.45) is -3.73. The van der Waals surface area contributed by atoms with Gasteiger partial charge in [-0.05, 0) is 54.6 Å². The number of benzene rings is 3. The first kappa shape index (κ1) is 26.9. The number of halogens is 4. The SMILES string of the molecule is CS(=O)(=O)Nc1ccc(-c2cc(=O)c3ccc(OCc4noc(-c5cc(F)cc(C(F)(F)F)c5)n4)cc3o2)cc1. The maximum absolute atomic E-state index is 13.7. The molecule has 0 bridgehead atoms. The lowest BCUT2D eigenvalue weighted by atomic mass is 10.1. The van der Waals surface area contributed by atoms with Crippen LogP contribution in [-0.2, 0) is 22.8 Å². The predicted molar refractivity (Wildman–Crippen MR) is 135 cm³/mol. The molecular weight excluding hydrogens is 558 g/mol. The van der Waals surface area contributed by atoms with Crippen molar-refractivity contribution in [2.75, 3.05) is 11.0 Å². The molecule has 14 heteroatoms. The van der Waals surface area contributed by atoms with Gasteiger partial charge in [-0.3, -0.25) is 9.52 Å². The number of nitrogens with one attached hydrogen (secondary N) is 1. The van der Waals surface area contributed by atoms with Crippen molar-refractivity contribution in [1.29, 1.82) is 0 Å². The molecule has 5 rings (SSSR count). The second-order valence-electron chi connectivity index (χ2n) is 8.62. The van der Waals surface area contributed by atoms with Gasteiger partial charge in [0.1, 0.15) is 22.9 Å². The van der Waals surface area contributed by atoms with Gasteiger partial charge in [-0.15, -0.1) is 0 Å². The highest BCUT2D eigenvalue weighted by Crippen LogP contribution is 2.33. The van der Waals surface area contributed by atoms with Crippen LogP contribution in [0.25, 0.3) is 33.7 Å². The number of nitrogens with zero attached hydrogens (tertiary/aromatic N) is 2. The third-order valence-electron chi connectivity index (χ3n) is 5.48. The van der Waals surface area contributed by atoms with Gasteiger partial charge in [-0.2, -0.15) is 18.2 Å². The summed E-state index contributed by atoms with van der Waals surface area (Å²) in [6, 6.07) is 13.9. The van der Waals surface area contributed by atoms with Gasteiger partial charge in [0.15, 0.2) is 12.0 Å². The van der Waals surface area contributed by atoms with Crippen LogP contribution >= 0.6 is 0 Å². The molecule has 9 nitrogen and oxygen atoms in total. The van der Waals surface area contributed by atoms with Gasteiger partial charge in [0.05, 0.1) is 17.2 Å². The number of fused-ring (bicyclic) bond motifs is 1. The highest BCUT2D eigenvalue weighted by molar-refractivity contribution is 7.92. The Hall–Kier alpha value is -4.72. The first-order chi connectivity index (χ1) is 18.8. The van der Waals surface area contributed by atoms with Crippen LogP contribution in [0.4, 0.5) is 23.2 Å². The van der Waals surface area contributed by atoms with E-state index in [-0.39, 0.29) is 51.8 Å². The van der Waals surface area contributed by atoms with Crippen LogP contribution in [0.5, 0.6) is 5.75 Å². The number of sulfonamides is 1. The Labute approximate surface area is 223 Å². The molecule has 2 heterocycles. The Morgan fingerprint density at radius 1 is 0.975 bits per heavy atom. The van der Waals surface area contributed by atoms with Gasteiger partial charge in [0, 0.05) is 28.9 Å². The summed E-state index contributed by atoms with van der Waals surface area (Å²) in [7, 11) is -3.45. The van der Waals surface area contributed by atoms with Crippen molar-refractivity contribution >= 4 is 26.7 Å². The molecular formula is C26H17F4N3O6S. The Bertz CT molecular complexity index is 1880. The lowest BCUT2D eigenvalue weighted by molar-refractivity contribution is -0.137. The van der Waals surface area contributed by atoms with Crippen molar-refractivity contribution in [2.24, 2.45) is 0 Å². The first-order valence-corrected chi connectivity index (χ1v) is 13.2. The van der Waals surface area contributed by atoms with Crippen LogP contribution in [0, 0.1) is 5.82 Å². The molecule has 0 aliphatic rings. The van der Waals surface area contributed by atoms with Crippen molar-refractivity contribution in [3.63, 3.8) is 0 Å². The molecule has 0 spiro atoms. The van der Waals surface area contributed by atoms with E-state index in [2.05, 4.69) is 14.9 Å². The summed E-state index contributed by atoms with van der Waals surface area (Å²) in [4.78, 5) is 16.6. The van der Waals surface area contributed by atoms with E-state index in [1.54, 1.807) is 12.1 Å². The van der Waals surface area contributed by atoms with Gasteiger partial charge in [-0.25, -0.2) is 12.8 Å². The van der Waals surface area contributed by atoms with Crippen LogP contribution < -0.4 is 14.9 Å². The van der Waals surface area contributed by atoms with E-state index in [9.17, 15) is 30.8 Å². The summed E-state index contributed by atoms with van der Waals surface area (Å²) in [5, 5.41) is 3.94. The zero-order chi connectivity index (χ0) is 28.7. The van der Waals surface area contributed by atoms with Crippen LogP contribution in [-0.4, -0.2) is 24.8 Å². The van der Waals surface area contributed by atoms with E-state index in [1.165, 1.54) is 36.4 Å². The number of anilines is 1. The van der Waals surface area contributed by atoms with Gasteiger partial charge in [-0.1, -0.05) is 5.16 Å². The molecule has 0 aliphatic heterocycles. The molecule has 0 saturated heterocycles. The molecule has 1 N–H and O–H groups in total. The van der Waals surface area contributed by atoms with Crippen molar-refractivity contribution in [1.82, 2.24) is 10.1 Å². The second-order valence-corrected chi connectivity index (χ2v) is 10.4. The van der Waals surface area contributed by atoms with Gasteiger partial charge in [0.25, 0.3) is 5.89 Å². The van der Waals surface area contributed by atoms with E-state index in [0.717, 1.165) is 12.3 Å². The molecule has 3 aromatic carbocycles. The van der Waals surface area contributed by atoms with Crippen molar-refractivity contribution < 1.29 is 39.7 Å². The average Bonchev–Trinajstić information content (AvgIpc) is 3.35. The smallest absolute Gasteiger partial charge is 0.416 e. The first-order valence-electron chi connectivity index (χ1n) is 11.3. The van der Waals surface area contributed by atoms with E-state index in [4.69, 9.17) is 13.7 Å². The molecule has 5 aromatic rings. The summed E-state index contributed by atoms with van der Waals surface area (Å²) in [5.74, 6) is -0.963. The normalized spacial score (nSPS) is 12.0. The van der Waals surface area contributed by atoms with E-state index in [1.807, 2.05) is 0 Å². The topological polar surface area (TPSA) is 125 Å². The highest BCUT2D eigenvalue weighted by Gasteiger charge is 2.32. The molecule has 206 valence electrons. The lowest BCUT2D eigenvalue weighted by Gasteiger charge is -2.08. The van der Waals surface area contributed by atoms with Crippen LogP contribution in [0.1, 0.15) is 11.4 Å². The summed E-state index contributed by atoms with van der Waals surface area (Å²) in [5.41, 5.74) is -0.699. The van der Waals surface area contributed by atoms with E-state index >= 15 is 0 Å². The zero-order valence-corrected chi connectivity index (χ0v) is 21.1. The minimum atomic E-state index is -4.76. The number of hydrogen-bond donors (Lipinski definition) is 1. The van der Waals surface area contributed by atoms with Gasteiger partial charge >= 0.3 is 6.18 Å². The van der Waals surface area contributed by atoms with Crippen LogP contribution in [0.15, 0.2) is 80.5 Å². The average molecular weight is 575 g/mol. The summed E-state index contributed by atoms with van der Waals surface area (Å²) < 4.78 is 94.3. The number of alkyl halides is 3. The number of rotatable bonds is 7. The van der Waals surface area contributed by atoms with Gasteiger partial charge in [0.2, 0.25) is 15.8 Å². The monoisotopic (exact) mass is 575 g/mol. The maximum Gasteiger partial charge on any atom is 0.416 e. The Morgan fingerprint density at radius 3 is 2.42 bits per heavy atom. The summed E-state index contributed by atoms with van der Waals surface area (Å²) in [6.45, 7) is -0.255. The van der Waals surface area contributed by atoms with Crippen molar-refractivity contribution in [3.8, 4) is 28.5 Å². The minimum absolute atomic E-state index is 0.0223. The molecule has 0 amide bonds. The maximum atomic E-state index is 13.7. The van der Waals surface area contributed by atoms with Crippen LogP contribution in [0.3, 0.4) is 0 Å². The second kappa shape index (κ2) is 10.1. The van der Waals surface area contributed by atoms with Crippen molar-refractivity contribution in [2.45, 2.75) is 12.8 Å². The highest BCUT2D eigenvalue weighted by atomic mass is 32.2. The lowest BCUT2D eigenvalue weighted by Crippen LogP contribution is -2.09. The fraction of sp³-hybridized carbons (Fsp3) is 0.115. The summed E-state index contributed by atoms with van der Waals surface area (Å²) >= 11 is 0. The Morgan fingerprint density at radius 2 is 1.73 bits per heavy atom. The standard InChI is InChI=1S/C26H17F4N3O6S/c1-40(35,36)33-18-4-2-14(3-5-18)22-12-21(34)20-7-6-19(11-23(20)38-22)37-13-24-31-25(39-32-24)15-8-16(26(28,29)30)10-17(27)9-15/h2-12,33H,13H2,1H3. The molecule has 0 fully saturated rings. The van der Waals surface area contributed by atoms with Gasteiger partial charge < -0.3 is 13.7 Å². The number of ether oxygens (including phenoxy) is 1. The number of hydrogen-bond acceptors (Lipinski definition) is 8. The fourth-order valence-electron chi connectivity index (χ4n) is 3.74.